The zero-order chi connectivity index (χ0) is 13.2. The maximum Gasteiger partial charge on any atom is 0.133 e. The third kappa shape index (κ3) is 2.81. The molecule has 104 valence electrons. The van der Waals surface area contributed by atoms with Crippen LogP contribution in [0.4, 0.5) is 0 Å². The van der Waals surface area contributed by atoms with E-state index in [0.29, 0.717) is 12.1 Å². The fourth-order valence-corrected chi connectivity index (χ4v) is 3.83. The average Bonchev–Trinajstić information content (AvgIpc) is 2.88. The zero-order valence-electron chi connectivity index (χ0n) is 11.3. The minimum Gasteiger partial charge on any atom is -0.496 e. The van der Waals surface area contributed by atoms with Crippen LogP contribution in [0.15, 0.2) is 22.7 Å². The quantitative estimate of drug-likeness (QED) is 0.851. The summed E-state index contributed by atoms with van der Waals surface area (Å²) in [6.45, 7) is 2.93. The van der Waals surface area contributed by atoms with Crippen LogP contribution in [-0.2, 0) is 11.3 Å². The standard InChI is InChI=1S/C15H20BrNO2/c1-18-14-6-5-11(9-12(14)16)10-17-7-8-19-15-4-2-3-13(15)17/h5-6,9,13,15H,2-4,7-8,10H2,1H3. The third-order valence-corrected chi connectivity index (χ3v) is 4.82. The predicted molar refractivity (Wildman–Crippen MR) is 78.5 cm³/mol. The lowest BCUT2D eigenvalue weighted by Crippen LogP contribution is -2.47. The predicted octanol–water partition coefficient (Wildman–Crippen LogP) is 3.21. The molecule has 1 aliphatic heterocycles. The van der Waals surface area contributed by atoms with Crippen LogP contribution < -0.4 is 4.74 Å². The highest BCUT2D eigenvalue weighted by Gasteiger charge is 2.35. The van der Waals surface area contributed by atoms with Crippen molar-refractivity contribution in [3.63, 3.8) is 0 Å². The number of morpholine rings is 1. The fraction of sp³-hybridized carbons (Fsp3) is 0.600. The Morgan fingerprint density at radius 3 is 3.11 bits per heavy atom. The van der Waals surface area contributed by atoms with Crippen molar-refractivity contribution in [1.82, 2.24) is 4.90 Å². The first-order valence-corrected chi connectivity index (χ1v) is 7.75. The van der Waals surface area contributed by atoms with Gasteiger partial charge in [-0.05, 0) is 52.9 Å². The molecule has 0 amide bonds. The van der Waals surface area contributed by atoms with E-state index in [-0.39, 0.29) is 0 Å². The number of rotatable bonds is 3. The SMILES string of the molecule is COc1ccc(CN2CCOC3CCCC32)cc1Br. The summed E-state index contributed by atoms with van der Waals surface area (Å²) in [6, 6.07) is 6.97. The molecule has 1 aromatic carbocycles. The van der Waals surface area contributed by atoms with E-state index < -0.39 is 0 Å². The second kappa shape index (κ2) is 5.81. The van der Waals surface area contributed by atoms with Gasteiger partial charge in [0.2, 0.25) is 0 Å². The topological polar surface area (TPSA) is 21.7 Å². The first-order valence-electron chi connectivity index (χ1n) is 6.96. The van der Waals surface area contributed by atoms with E-state index in [1.807, 2.05) is 6.07 Å². The summed E-state index contributed by atoms with van der Waals surface area (Å²) in [5.74, 6) is 0.893. The second-order valence-electron chi connectivity index (χ2n) is 5.35. The van der Waals surface area contributed by atoms with Crippen molar-refractivity contribution in [3.05, 3.63) is 28.2 Å². The molecule has 19 heavy (non-hydrogen) atoms. The average molecular weight is 326 g/mol. The van der Waals surface area contributed by atoms with E-state index in [1.54, 1.807) is 7.11 Å². The molecule has 2 aliphatic rings. The summed E-state index contributed by atoms with van der Waals surface area (Å²) < 4.78 is 12.2. The maximum absolute atomic E-state index is 5.86. The summed E-state index contributed by atoms with van der Waals surface area (Å²) in [5.41, 5.74) is 1.33. The minimum absolute atomic E-state index is 0.468. The molecule has 3 nitrogen and oxygen atoms in total. The normalized spacial score (nSPS) is 27.3. The molecule has 4 heteroatoms. The molecule has 1 aromatic rings. The van der Waals surface area contributed by atoms with Crippen molar-refractivity contribution in [3.8, 4) is 5.75 Å². The Hall–Kier alpha value is -0.580. The smallest absolute Gasteiger partial charge is 0.133 e. The zero-order valence-corrected chi connectivity index (χ0v) is 12.9. The first kappa shape index (κ1) is 13.4. The number of ether oxygens (including phenoxy) is 2. The maximum atomic E-state index is 5.86. The second-order valence-corrected chi connectivity index (χ2v) is 6.20. The van der Waals surface area contributed by atoms with Gasteiger partial charge in [0.25, 0.3) is 0 Å². The van der Waals surface area contributed by atoms with Crippen LogP contribution in [0.3, 0.4) is 0 Å². The van der Waals surface area contributed by atoms with E-state index in [0.717, 1.165) is 29.9 Å². The Bertz CT molecular complexity index is 452. The van der Waals surface area contributed by atoms with Gasteiger partial charge in [-0.25, -0.2) is 0 Å². The molecule has 1 heterocycles. The lowest BCUT2D eigenvalue weighted by atomic mass is 10.1. The van der Waals surface area contributed by atoms with Gasteiger partial charge in [0.15, 0.2) is 0 Å². The van der Waals surface area contributed by atoms with E-state index in [2.05, 4.69) is 33.0 Å². The van der Waals surface area contributed by atoms with Crippen LogP contribution in [0.25, 0.3) is 0 Å². The van der Waals surface area contributed by atoms with E-state index in [4.69, 9.17) is 9.47 Å². The van der Waals surface area contributed by atoms with Gasteiger partial charge < -0.3 is 9.47 Å². The van der Waals surface area contributed by atoms with Crippen molar-refractivity contribution < 1.29 is 9.47 Å². The molecule has 2 unspecified atom stereocenters. The van der Waals surface area contributed by atoms with Crippen LogP contribution >= 0.6 is 15.9 Å². The van der Waals surface area contributed by atoms with Crippen molar-refractivity contribution in [2.45, 2.75) is 38.0 Å². The highest BCUT2D eigenvalue weighted by Crippen LogP contribution is 2.32. The Morgan fingerprint density at radius 1 is 1.42 bits per heavy atom. The largest absolute Gasteiger partial charge is 0.496 e. The lowest BCUT2D eigenvalue weighted by molar-refractivity contribution is -0.0588. The highest BCUT2D eigenvalue weighted by molar-refractivity contribution is 9.10. The molecule has 1 saturated carbocycles. The van der Waals surface area contributed by atoms with Gasteiger partial charge in [-0.1, -0.05) is 6.07 Å². The van der Waals surface area contributed by atoms with Crippen molar-refractivity contribution in [1.29, 1.82) is 0 Å². The number of fused-ring (bicyclic) bond motifs is 1. The van der Waals surface area contributed by atoms with Crippen LogP contribution in [0.1, 0.15) is 24.8 Å². The summed E-state index contributed by atoms with van der Waals surface area (Å²) in [4.78, 5) is 2.58. The van der Waals surface area contributed by atoms with Gasteiger partial charge in [0.05, 0.1) is 24.3 Å². The van der Waals surface area contributed by atoms with E-state index in [9.17, 15) is 0 Å². The monoisotopic (exact) mass is 325 g/mol. The van der Waals surface area contributed by atoms with Gasteiger partial charge in [0.1, 0.15) is 5.75 Å². The van der Waals surface area contributed by atoms with Gasteiger partial charge in [-0.2, -0.15) is 0 Å². The van der Waals surface area contributed by atoms with Gasteiger partial charge in [-0.15, -0.1) is 0 Å². The van der Waals surface area contributed by atoms with Gasteiger partial charge >= 0.3 is 0 Å². The summed E-state index contributed by atoms with van der Waals surface area (Å²) >= 11 is 3.56. The van der Waals surface area contributed by atoms with E-state index in [1.165, 1.54) is 24.8 Å². The molecule has 0 N–H and O–H groups in total. The number of hydrogen-bond donors (Lipinski definition) is 0. The van der Waals surface area contributed by atoms with Crippen molar-refractivity contribution in [2.75, 3.05) is 20.3 Å². The van der Waals surface area contributed by atoms with Crippen LogP contribution in [-0.4, -0.2) is 37.3 Å². The summed E-state index contributed by atoms with van der Waals surface area (Å²) in [6.07, 6.45) is 4.28. The fourth-order valence-electron chi connectivity index (χ4n) is 3.24. The van der Waals surface area contributed by atoms with E-state index >= 15 is 0 Å². The molecular formula is C15H20BrNO2. The molecule has 0 bridgehead atoms. The number of halogens is 1. The van der Waals surface area contributed by atoms with Crippen molar-refractivity contribution >= 4 is 15.9 Å². The van der Waals surface area contributed by atoms with Crippen LogP contribution in [0.2, 0.25) is 0 Å². The van der Waals surface area contributed by atoms with Gasteiger partial charge in [0, 0.05) is 19.1 Å². The van der Waals surface area contributed by atoms with Crippen molar-refractivity contribution in [2.24, 2.45) is 0 Å². The van der Waals surface area contributed by atoms with Gasteiger partial charge in [-0.3, -0.25) is 4.90 Å². The molecule has 0 radical (unpaired) electrons. The summed E-state index contributed by atoms with van der Waals surface area (Å²) in [5, 5.41) is 0. The highest BCUT2D eigenvalue weighted by atomic mass is 79.9. The Kier molecular flexibility index (Phi) is 4.10. The molecule has 2 fully saturated rings. The molecular weight excluding hydrogens is 306 g/mol. The number of benzene rings is 1. The minimum atomic E-state index is 0.468. The Balaban J connectivity index is 1.72. The third-order valence-electron chi connectivity index (χ3n) is 4.20. The van der Waals surface area contributed by atoms with Crippen LogP contribution in [0.5, 0.6) is 5.75 Å². The molecule has 0 spiro atoms. The number of hydrogen-bond acceptors (Lipinski definition) is 3. The molecule has 2 atom stereocenters. The molecule has 1 saturated heterocycles. The molecule has 3 rings (SSSR count). The molecule has 0 aromatic heterocycles. The van der Waals surface area contributed by atoms with Crippen LogP contribution in [0, 0.1) is 0 Å². The lowest BCUT2D eigenvalue weighted by Gasteiger charge is -2.37. The number of methoxy groups -OCH3 is 1. The summed E-state index contributed by atoms with van der Waals surface area (Å²) in [7, 11) is 1.70. The number of nitrogens with zero attached hydrogens (tertiary/aromatic N) is 1. The Labute approximate surface area is 123 Å². The molecule has 1 aliphatic carbocycles. The first-order chi connectivity index (χ1) is 9.28. The Morgan fingerprint density at radius 2 is 2.32 bits per heavy atom.